The Bertz CT molecular complexity index is 575. The second-order valence-electron chi connectivity index (χ2n) is 4.26. The third-order valence-electron chi connectivity index (χ3n) is 2.46. The molecule has 1 aromatic heterocycles. The Kier molecular flexibility index (Phi) is 6.16. The summed E-state index contributed by atoms with van der Waals surface area (Å²) in [5.41, 5.74) is 1.34. The van der Waals surface area contributed by atoms with Gasteiger partial charge in [-0.2, -0.15) is 0 Å². The molecule has 0 fully saturated rings. The predicted octanol–water partition coefficient (Wildman–Crippen LogP) is 1.33. The molecule has 21 heavy (non-hydrogen) atoms. The summed E-state index contributed by atoms with van der Waals surface area (Å²) in [7, 11) is 0. The van der Waals surface area contributed by atoms with E-state index in [2.05, 4.69) is 15.6 Å². The standard InChI is InChI=1S/C13H17N3O4S/c1-4-14-13(20)16-9(17)6-21-11-10(12(18)19)7(2)5-8(3)15-11/h5H,4,6H2,1-3H3,(H,18,19)(H2,14,16,17,20). The maximum Gasteiger partial charge on any atom is 0.338 e. The Labute approximate surface area is 126 Å². The molecule has 0 aliphatic rings. The van der Waals surface area contributed by atoms with Crippen molar-refractivity contribution in [1.82, 2.24) is 15.6 Å². The number of imide groups is 1. The fraction of sp³-hybridized carbons (Fsp3) is 0.385. The first-order valence-electron chi connectivity index (χ1n) is 6.27. The number of carbonyl (C=O) groups is 3. The highest BCUT2D eigenvalue weighted by Gasteiger charge is 2.17. The number of aryl methyl sites for hydroxylation is 2. The Balaban J connectivity index is 2.77. The lowest BCUT2D eigenvalue weighted by Crippen LogP contribution is -2.40. The smallest absolute Gasteiger partial charge is 0.338 e. The number of aromatic carboxylic acids is 1. The highest BCUT2D eigenvalue weighted by Crippen LogP contribution is 2.24. The molecule has 0 aliphatic heterocycles. The summed E-state index contributed by atoms with van der Waals surface area (Å²) in [6.45, 7) is 5.57. The number of carboxylic acid groups (broad SMARTS) is 1. The third kappa shape index (κ3) is 5.07. The molecular weight excluding hydrogens is 294 g/mol. The molecular formula is C13H17N3O4S. The van der Waals surface area contributed by atoms with Crippen LogP contribution in [0.4, 0.5) is 4.79 Å². The van der Waals surface area contributed by atoms with Crippen LogP contribution in [-0.4, -0.2) is 40.3 Å². The van der Waals surface area contributed by atoms with Crippen LogP contribution >= 0.6 is 11.8 Å². The van der Waals surface area contributed by atoms with Crippen molar-refractivity contribution in [2.75, 3.05) is 12.3 Å². The number of nitrogens with zero attached hydrogens (tertiary/aromatic N) is 1. The first kappa shape index (κ1) is 17.0. The highest BCUT2D eigenvalue weighted by atomic mass is 32.2. The van der Waals surface area contributed by atoms with E-state index >= 15 is 0 Å². The number of pyridine rings is 1. The zero-order valence-electron chi connectivity index (χ0n) is 12.0. The number of thioether (sulfide) groups is 1. The van der Waals surface area contributed by atoms with E-state index in [4.69, 9.17) is 0 Å². The van der Waals surface area contributed by atoms with E-state index in [1.54, 1.807) is 26.8 Å². The Morgan fingerprint density at radius 1 is 1.33 bits per heavy atom. The summed E-state index contributed by atoms with van der Waals surface area (Å²) < 4.78 is 0. The van der Waals surface area contributed by atoms with Crippen molar-refractivity contribution in [1.29, 1.82) is 0 Å². The molecule has 0 aromatic carbocycles. The normalized spacial score (nSPS) is 10.0. The molecule has 3 amide bonds. The number of rotatable bonds is 5. The van der Waals surface area contributed by atoms with Crippen LogP contribution in [0.1, 0.15) is 28.5 Å². The van der Waals surface area contributed by atoms with Crippen LogP contribution in [0.25, 0.3) is 0 Å². The second-order valence-corrected chi connectivity index (χ2v) is 5.23. The van der Waals surface area contributed by atoms with Crippen LogP contribution in [-0.2, 0) is 4.79 Å². The molecule has 0 unspecified atom stereocenters. The fourth-order valence-corrected chi connectivity index (χ4v) is 2.61. The molecule has 114 valence electrons. The quantitative estimate of drug-likeness (QED) is 0.708. The molecule has 3 N–H and O–H groups in total. The Morgan fingerprint density at radius 2 is 2.00 bits per heavy atom. The third-order valence-corrected chi connectivity index (χ3v) is 3.43. The summed E-state index contributed by atoms with van der Waals surface area (Å²) in [6.07, 6.45) is 0. The van der Waals surface area contributed by atoms with E-state index in [0.29, 0.717) is 17.8 Å². The van der Waals surface area contributed by atoms with Crippen LogP contribution < -0.4 is 10.6 Å². The predicted molar refractivity (Wildman–Crippen MR) is 78.6 cm³/mol. The fourth-order valence-electron chi connectivity index (χ4n) is 1.67. The van der Waals surface area contributed by atoms with Gasteiger partial charge in [0.25, 0.3) is 0 Å². The molecule has 0 atom stereocenters. The van der Waals surface area contributed by atoms with Crippen LogP contribution in [0.2, 0.25) is 0 Å². The molecule has 0 saturated heterocycles. The minimum atomic E-state index is -1.09. The van der Waals surface area contributed by atoms with E-state index in [-0.39, 0.29) is 16.3 Å². The van der Waals surface area contributed by atoms with Crippen LogP contribution in [0.15, 0.2) is 11.1 Å². The molecule has 0 radical (unpaired) electrons. The number of hydrogen-bond donors (Lipinski definition) is 3. The zero-order valence-corrected chi connectivity index (χ0v) is 12.8. The number of carboxylic acids is 1. The first-order valence-corrected chi connectivity index (χ1v) is 7.25. The summed E-state index contributed by atoms with van der Waals surface area (Å²) in [4.78, 5) is 38.2. The van der Waals surface area contributed by atoms with Crippen molar-refractivity contribution < 1.29 is 19.5 Å². The van der Waals surface area contributed by atoms with E-state index in [9.17, 15) is 19.5 Å². The molecule has 8 heteroatoms. The van der Waals surface area contributed by atoms with E-state index < -0.39 is 17.9 Å². The lowest BCUT2D eigenvalue weighted by molar-refractivity contribution is -0.117. The first-order chi connectivity index (χ1) is 9.85. The SMILES string of the molecule is CCNC(=O)NC(=O)CSc1nc(C)cc(C)c1C(=O)O. The molecule has 7 nitrogen and oxygen atoms in total. The number of amides is 3. The maximum absolute atomic E-state index is 11.6. The van der Waals surface area contributed by atoms with Gasteiger partial charge in [0, 0.05) is 12.2 Å². The summed E-state index contributed by atoms with van der Waals surface area (Å²) >= 11 is 0.988. The zero-order chi connectivity index (χ0) is 16.0. The molecule has 0 saturated carbocycles. The molecule has 1 rings (SSSR count). The lowest BCUT2D eigenvalue weighted by atomic mass is 10.1. The minimum absolute atomic E-state index is 0.0800. The highest BCUT2D eigenvalue weighted by molar-refractivity contribution is 8.00. The molecule has 1 heterocycles. The van der Waals surface area contributed by atoms with Gasteiger partial charge in [-0.1, -0.05) is 11.8 Å². The van der Waals surface area contributed by atoms with Gasteiger partial charge in [0.15, 0.2) is 0 Å². The van der Waals surface area contributed by atoms with Gasteiger partial charge in [-0.05, 0) is 32.4 Å². The Morgan fingerprint density at radius 3 is 2.57 bits per heavy atom. The number of nitrogens with one attached hydrogen (secondary N) is 2. The molecule has 0 spiro atoms. The van der Waals surface area contributed by atoms with Crippen molar-refractivity contribution in [2.24, 2.45) is 0 Å². The molecule has 0 aliphatic carbocycles. The maximum atomic E-state index is 11.6. The van der Waals surface area contributed by atoms with Gasteiger partial charge in [-0.15, -0.1) is 0 Å². The largest absolute Gasteiger partial charge is 0.478 e. The molecule has 0 bridgehead atoms. The topological polar surface area (TPSA) is 108 Å². The minimum Gasteiger partial charge on any atom is -0.478 e. The lowest BCUT2D eigenvalue weighted by Gasteiger charge is -2.09. The van der Waals surface area contributed by atoms with Gasteiger partial charge in [-0.3, -0.25) is 10.1 Å². The van der Waals surface area contributed by atoms with Crippen LogP contribution in [0.3, 0.4) is 0 Å². The van der Waals surface area contributed by atoms with Crippen molar-refractivity contribution in [3.05, 3.63) is 22.9 Å². The van der Waals surface area contributed by atoms with Gasteiger partial charge in [0.2, 0.25) is 5.91 Å². The van der Waals surface area contributed by atoms with Gasteiger partial charge in [-0.25, -0.2) is 14.6 Å². The van der Waals surface area contributed by atoms with Crippen molar-refractivity contribution in [2.45, 2.75) is 25.8 Å². The number of urea groups is 1. The second kappa shape index (κ2) is 7.63. The number of carbonyl (C=O) groups excluding carboxylic acids is 2. The van der Waals surface area contributed by atoms with Crippen molar-refractivity contribution in [3.8, 4) is 0 Å². The van der Waals surface area contributed by atoms with E-state index in [0.717, 1.165) is 11.8 Å². The summed E-state index contributed by atoms with van der Waals surface area (Å²) in [5, 5.41) is 14.0. The monoisotopic (exact) mass is 311 g/mol. The van der Waals surface area contributed by atoms with Gasteiger partial charge >= 0.3 is 12.0 Å². The van der Waals surface area contributed by atoms with E-state index in [1.807, 2.05) is 0 Å². The van der Waals surface area contributed by atoms with Crippen molar-refractivity contribution >= 4 is 29.7 Å². The van der Waals surface area contributed by atoms with Crippen LogP contribution in [0.5, 0.6) is 0 Å². The van der Waals surface area contributed by atoms with Crippen LogP contribution in [0, 0.1) is 13.8 Å². The van der Waals surface area contributed by atoms with Gasteiger partial charge in [0.1, 0.15) is 5.03 Å². The van der Waals surface area contributed by atoms with Gasteiger partial charge in [0.05, 0.1) is 11.3 Å². The molecule has 1 aromatic rings. The summed E-state index contributed by atoms with van der Waals surface area (Å²) in [6, 6.07) is 1.09. The van der Waals surface area contributed by atoms with Gasteiger partial charge < -0.3 is 10.4 Å². The number of hydrogen-bond acceptors (Lipinski definition) is 5. The average Bonchev–Trinajstić information content (AvgIpc) is 2.35. The van der Waals surface area contributed by atoms with Crippen molar-refractivity contribution in [3.63, 3.8) is 0 Å². The number of aromatic nitrogens is 1. The average molecular weight is 311 g/mol. The Hall–Kier alpha value is -2.09. The summed E-state index contributed by atoms with van der Waals surface area (Å²) in [5.74, 6) is -1.69. The van der Waals surface area contributed by atoms with E-state index in [1.165, 1.54) is 0 Å².